The van der Waals surface area contributed by atoms with E-state index in [4.69, 9.17) is 5.26 Å². The molecule has 0 amide bonds. The molecule has 26 heavy (non-hydrogen) atoms. The van der Waals surface area contributed by atoms with Crippen molar-refractivity contribution in [2.75, 3.05) is 9.62 Å². The van der Waals surface area contributed by atoms with Gasteiger partial charge >= 0.3 is 0 Å². The van der Waals surface area contributed by atoms with Crippen LogP contribution in [0, 0.1) is 11.3 Å². The van der Waals surface area contributed by atoms with Crippen molar-refractivity contribution < 1.29 is 13.5 Å². The molecule has 2 N–H and O–H groups in total. The Balaban J connectivity index is 1.82. The number of hydrogen-bond acceptors (Lipinski definition) is 5. The standard InChI is InChI=1S/C19H17N3O3S/c1-14-11-19(23)22(13-15(14)12-20)17-9-7-16(8-10-17)21-26(24,25)18-5-3-2-4-6-18/h2-11,13,19,21,23H,1H3. The average molecular weight is 367 g/mol. The number of nitrogens with one attached hydrogen (secondary N) is 1. The van der Waals surface area contributed by atoms with E-state index in [1.54, 1.807) is 66.6 Å². The Kier molecular flexibility index (Phi) is 4.80. The maximum absolute atomic E-state index is 12.3. The summed E-state index contributed by atoms with van der Waals surface area (Å²) < 4.78 is 27.2. The molecule has 0 radical (unpaired) electrons. The largest absolute Gasteiger partial charge is 0.370 e. The molecule has 0 fully saturated rings. The third-order valence-corrected chi connectivity index (χ3v) is 5.37. The van der Waals surface area contributed by atoms with Gasteiger partial charge in [0.1, 0.15) is 6.07 Å². The lowest BCUT2D eigenvalue weighted by Crippen LogP contribution is -2.31. The van der Waals surface area contributed by atoms with Gasteiger partial charge in [-0.15, -0.1) is 0 Å². The van der Waals surface area contributed by atoms with E-state index in [0.29, 0.717) is 22.5 Å². The Morgan fingerprint density at radius 2 is 1.77 bits per heavy atom. The molecular weight excluding hydrogens is 350 g/mol. The summed E-state index contributed by atoms with van der Waals surface area (Å²) in [6, 6.07) is 16.7. The van der Waals surface area contributed by atoms with Gasteiger partial charge in [-0.3, -0.25) is 4.72 Å². The fourth-order valence-corrected chi connectivity index (χ4v) is 3.65. The highest BCUT2D eigenvalue weighted by atomic mass is 32.2. The minimum absolute atomic E-state index is 0.178. The van der Waals surface area contributed by atoms with Crippen LogP contribution in [0.15, 0.2) is 82.9 Å². The van der Waals surface area contributed by atoms with E-state index in [-0.39, 0.29) is 4.90 Å². The third-order valence-electron chi connectivity index (χ3n) is 3.97. The van der Waals surface area contributed by atoms with Crippen molar-refractivity contribution in [2.24, 2.45) is 0 Å². The molecule has 2 aromatic carbocycles. The number of aliphatic hydroxyl groups excluding tert-OH is 1. The van der Waals surface area contributed by atoms with Crippen molar-refractivity contribution in [3.8, 4) is 6.07 Å². The summed E-state index contributed by atoms with van der Waals surface area (Å²) in [5, 5.41) is 19.3. The van der Waals surface area contributed by atoms with Gasteiger partial charge in [-0.2, -0.15) is 5.26 Å². The molecule has 1 aliphatic rings. The summed E-state index contributed by atoms with van der Waals surface area (Å²) >= 11 is 0. The molecular formula is C19H17N3O3S. The van der Waals surface area contributed by atoms with Gasteiger partial charge in [-0.1, -0.05) is 18.2 Å². The first kappa shape index (κ1) is 17.7. The maximum atomic E-state index is 12.3. The first-order valence-electron chi connectivity index (χ1n) is 7.86. The number of sulfonamides is 1. The van der Waals surface area contributed by atoms with Crippen molar-refractivity contribution >= 4 is 21.4 Å². The van der Waals surface area contributed by atoms with Gasteiger partial charge in [0.25, 0.3) is 10.0 Å². The summed E-state index contributed by atoms with van der Waals surface area (Å²) in [5.74, 6) is 0. The summed E-state index contributed by atoms with van der Waals surface area (Å²) in [6.07, 6.45) is 2.27. The fourth-order valence-electron chi connectivity index (χ4n) is 2.57. The van der Waals surface area contributed by atoms with E-state index in [2.05, 4.69) is 10.8 Å². The highest BCUT2D eigenvalue weighted by molar-refractivity contribution is 7.92. The predicted molar refractivity (Wildman–Crippen MR) is 99.6 cm³/mol. The number of allylic oxidation sites excluding steroid dienone is 2. The normalized spacial score (nSPS) is 17.1. The van der Waals surface area contributed by atoms with Crippen molar-refractivity contribution in [1.29, 1.82) is 5.26 Å². The molecule has 0 saturated carbocycles. The number of hydrogen-bond donors (Lipinski definition) is 2. The molecule has 0 saturated heterocycles. The van der Waals surface area contributed by atoms with E-state index in [9.17, 15) is 13.5 Å². The van der Waals surface area contributed by atoms with Gasteiger partial charge in [0.15, 0.2) is 6.23 Å². The Labute approximate surface area is 152 Å². The minimum atomic E-state index is -3.66. The molecule has 2 aromatic rings. The van der Waals surface area contributed by atoms with E-state index >= 15 is 0 Å². The molecule has 6 nitrogen and oxygen atoms in total. The van der Waals surface area contributed by atoms with Crippen LogP contribution in [0.2, 0.25) is 0 Å². The second-order valence-electron chi connectivity index (χ2n) is 5.79. The molecule has 1 aliphatic heterocycles. The third kappa shape index (κ3) is 3.61. The molecule has 3 rings (SSSR count). The number of rotatable bonds is 4. The molecule has 1 unspecified atom stereocenters. The van der Waals surface area contributed by atoms with Crippen LogP contribution in [0.5, 0.6) is 0 Å². The van der Waals surface area contributed by atoms with Crippen LogP contribution in [0.1, 0.15) is 6.92 Å². The number of benzene rings is 2. The van der Waals surface area contributed by atoms with Crippen molar-refractivity contribution in [2.45, 2.75) is 18.0 Å². The summed E-state index contributed by atoms with van der Waals surface area (Å²) in [5.41, 5.74) is 2.21. The first-order chi connectivity index (χ1) is 12.4. The lowest BCUT2D eigenvalue weighted by Gasteiger charge is -2.28. The van der Waals surface area contributed by atoms with E-state index in [1.165, 1.54) is 12.1 Å². The zero-order chi connectivity index (χ0) is 18.7. The van der Waals surface area contributed by atoms with E-state index in [0.717, 1.165) is 0 Å². The Morgan fingerprint density at radius 1 is 1.12 bits per heavy atom. The Hall–Kier alpha value is -3.08. The quantitative estimate of drug-likeness (QED) is 0.866. The second-order valence-corrected chi connectivity index (χ2v) is 7.47. The summed E-state index contributed by atoms with van der Waals surface area (Å²) in [4.78, 5) is 1.72. The lowest BCUT2D eigenvalue weighted by atomic mass is 10.1. The molecule has 7 heteroatoms. The monoisotopic (exact) mass is 367 g/mol. The highest BCUT2D eigenvalue weighted by Gasteiger charge is 2.20. The van der Waals surface area contributed by atoms with Gasteiger partial charge in [-0.05, 0) is 55.0 Å². The van der Waals surface area contributed by atoms with Crippen LogP contribution >= 0.6 is 0 Å². The average Bonchev–Trinajstić information content (AvgIpc) is 2.63. The molecule has 0 spiro atoms. The summed E-state index contributed by atoms with van der Waals surface area (Å²) in [7, 11) is -3.66. The number of anilines is 2. The predicted octanol–water partition coefficient (Wildman–Crippen LogP) is 2.98. The zero-order valence-corrected chi connectivity index (χ0v) is 14.8. The minimum Gasteiger partial charge on any atom is -0.370 e. The van der Waals surface area contributed by atoms with Crippen LogP contribution in [-0.2, 0) is 10.0 Å². The van der Waals surface area contributed by atoms with Gasteiger partial charge < -0.3 is 10.0 Å². The van der Waals surface area contributed by atoms with Crippen LogP contribution in [0.25, 0.3) is 0 Å². The molecule has 1 atom stereocenters. The Bertz CT molecular complexity index is 1000. The van der Waals surface area contributed by atoms with Crippen molar-refractivity contribution in [1.82, 2.24) is 0 Å². The van der Waals surface area contributed by atoms with Crippen LogP contribution < -0.4 is 9.62 Å². The SMILES string of the molecule is CC1=CC(O)N(c2ccc(NS(=O)(=O)c3ccccc3)cc2)C=C1C#N. The van der Waals surface area contributed by atoms with Crippen molar-refractivity contribution in [3.05, 3.63) is 78.0 Å². The van der Waals surface area contributed by atoms with Crippen LogP contribution in [-0.4, -0.2) is 19.8 Å². The van der Waals surface area contributed by atoms with Gasteiger partial charge in [0, 0.05) is 17.6 Å². The molecule has 0 aromatic heterocycles. The second kappa shape index (κ2) is 7.04. The molecule has 1 heterocycles. The fraction of sp³-hybridized carbons (Fsp3) is 0.105. The topological polar surface area (TPSA) is 93.4 Å². The number of nitrogens with zero attached hydrogens (tertiary/aromatic N) is 2. The molecule has 0 aliphatic carbocycles. The first-order valence-corrected chi connectivity index (χ1v) is 9.34. The maximum Gasteiger partial charge on any atom is 0.261 e. The number of nitriles is 1. The number of aliphatic hydroxyl groups is 1. The van der Waals surface area contributed by atoms with Gasteiger partial charge in [-0.25, -0.2) is 8.42 Å². The van der Waals surface area contributed by atoms with Gasteiger partial charge in [0.2, 0.25) is 0 Å². The van der Waals surface area contributed by atoms with Crippen LogP contribution in [0.3, 0.4) is 0 Å². The molecule has 132 valence electrons. The summed E-state index contributed by atoms with van der Waals surface area (Å²) in [6.45, 7) is 1.76. The smallest absolute Gasteiger partial charge is 0.261 e. The zero-order valence-electron chi connectivity index (χ0n) is 14.0. The van der Waals surface area contributed by atoms with E-state index < -0.39 is 16.3 Å². The van der Waals surface area contributed by atoms with E-state index in [1.807, 2.05) is 0 Å². The highest BCUT2D eigenvalue weighted by Crippen LogP contribution is 2.27. The Morgan fingerprint density at radius 3 is 2.38 bits per heavy atom. The van der Waals surface area contributed by atoms with Crippen LogP contribution in [0.4, 0.5) is 11.4 Å². The van der Waals surface area contributed by atoms with Gasteiger partial charge in [0.05, 0.1) is 10.5 Å². The van der Waals surface area contributed by atoms with Crippen molar-refractivity contribution in [3.63, 3.8) is 0 Å². The lowest BCUT2D eigenvalue weighted by molar-refractivity contribution is 0.225. The molecule has 0 bridgehead atoms.